The van der Waals surface area contributed by atoms with Gasteiger partial charge in [0.1, 0.15) is 5.75 Å². The molecular formula is C28H32N4O4. The number of hydrogen-bond donors (Lipinski definition) is 3. The molecule has 1 saturated heterocycles. The van der Waals surface area contributed by atoms with E-state index in [0.29, 0.717) is 56.4 Å². The molecule has 0 spiro atoms. The molecule has 0 aromatic heterocycles. The van der Waals surface area contributed by atoms with Crippen molar-refractivity contribution in [2.45, 2.75) is 20.4 Å². The van der Waals surface area contributed by atoms with Gasteiger partial charge in [-0.15, -0.1) is 0 Å². The molecule has 0 saturated carbocycles. The van der Waals surface area contributed by atoms with Crippen LogP contribution in [0.5, 0.6) is 5.75 Å². The molecule has 4 rings (SSSR count). The molecule has 0 unspecified atom stereocenters. The molecule has 1 fully saturated rings. The Hall–Kier alpha value is -4.04. The van der Waals surface area contributed by atoms with Gasteiger partial charge in [0.2, 0.25) is 0 Å². The van der Waals surface area contributed by atoms with Gasteiger partial charge in [-0.1, -0.05) is 29.8 Å². The minimum atomic E-state index is -0.397. The number of carbonyl (C=O) groups excluding carboxylic acids is 2. The molecule has 3 N–H and O–H groups in total. The van der Waals surface area contributed by atoms with Crippen molar-refractivity contribution in [3.05, 3.63) is 83.4 Å². The van der Waals surface area contributed by atoms with Gasteiger partial charge in [-0.05, 0) is 61.9 Å². The van der Waals surface area contributed by atoms with Gasteiger partial charge >= 0.3 is 6.03 Å². The monoisotopic (exact) mass is 488 g/mol. The summed E-state index contributed by atoms with van der Waals surface area (Å²) in [5.41, 5.74) is 4.69. The Morgan fingerprint density at radius 3 is 2.36 bits per heavy atom. The van der Waals surface area contributed by atoms with Crippen molar-refractivity contribution in [1.29, 1.82) is 0 Å². The van der Waals surface area contributed by atoms with E-state index in [1.807, 2.05) is 44.2 Å². The maximum Gasteiger partial charge on any atom is 0.323 e. The molecule has 0 aliphatic carbocycles. The topological polar surface area (TPSA) is 91.9 Å². The predicted octanol–water partition coefficient (Wildman–Crippen LogP) is 4.80. The highest BCUT2D eigenvalue weighted by molar-refractivity contribution is 6.04. The summed E-state index contributed by atoms with van der Waals surface area (Å²) in [5, 5.41) is 8.72. The van der Waals surface area contributed by atoms with Crippen LogP contribution in [-0.4, -0.2) is 44.8 Å². The third-order valence-corrected chi connectivity index (χ3v) is 5.86. The molecule has 36 heavy (non-hydrogen) atoms. The Labute approximate surface area is 211 Å². The first kappa shape index (κ1) is 25.1. The Morgan fingerprint density at radius 2 is 1.67 bits per heavy atom. The van der Waals surface area contributed by atoms with Gasteiger partial charge < -0.3 is 30.3 Å². The van der Waals surface area contributed by atoms with Crippen LogP contribution >= 0.6 is 0 Å². The summed E-state index contributed by atoms with van der Waals surface area (Å²) in [6.07, 6.45) is 0. The van der Waals surface area contributed by atoms with E-state index in [2.05, 4.69) is 20.9 Å². The zero-order valence-electron chi connectivity index (χ0n) is 20.7. The van der Waals surface area contributed by atoms with Crippen molar-refractivity contribution in [2.24, 2.45) is 0 Å². The zero-order chi connectivity index (χ0) is 25.3. The second kappa shape index (κ2) is 12.1. The standard InChI is InChI=1S/C28H32N4O4/c1-3-36-24-11-9-23(10-12-24)30-28(34)31-25-18-22(8-13-26(25)32-14-16-35-17-15-32)27(33)29-19-21-6-4-20(2)5-7-21/h4-13,18H,3,14-17,19H2,1-2H3,(H,29,33)(H2,30,31,34). The van der Waals surface area contributed by atoms with Crippen LogP contribution < -0.4 is 25.6 Å². The molecule has 0 bridgehead atoms. The van der Waals surface area contributed by atoms with Crippen LogP contribution in [0.2, 0.25) is 0 Å². The lowest BCUT2D eigenvalue weighted by Crippen LogP contribution is -2.37. The number of hydrogen-bond acceptors (Lipinski definition) is 5. The van der Waals surface area contributed by atoms with Crippen molar-refractivity contribution in [2.75, 3.05) is 48.4 Å². The van der Waals surface area contributed by atoms with Crippen molar-refractivity contribution in [3.63, 3.8) is 0 Å². The molecule has 1 aliphatic heterocycles. The Bertz CT molecular complexity index is 1170. The first-order valence-electron chi connectivity index (χ1n) is 12.1. The van der Waals surface area contributed by atoms with E-state index < -0.39 is 6.03 Å². The van der Waals surface area contributed by atoms with Gasteiger partial charge in [-0.2, -0.15) is 0 Å². The quantitative estimate of drug-likeness (QED) is 0.424. The number of nitrogens with one attached hydrogen (secondary N) is 3. The molecule has 0 radical (unpaired) electrons. The number of morpholine rings is 1. The Morgan fingerprint density at radius 1 is 0.944 bits per heavy atom. The minimum absolute atomic E-state index is 0.209. The lowest BCUT2D eigenvalue weighted by Gasteiger charge is -2.30. The number of nitrogens with zero attached hydrogens (tertiary/aromatic N) is 1. The molecule has 1 aliphatic rings. The lowest BCUT2D eigenvalue weighted by molar-refractivity contribution is 0.0951. The average molecular weight is 489 g/mol. The van der Waals surface area contributed by atoms with E-state index in [0.717, 1.165) is 17.0 Å². The van der Waals surface area contributed by atoms with Crippen LogP contribution in [0.3, 0.4) is 0 Å². The highest BCUT2D eigenvalue weighted by Gasteiger charge is 2.18. The second-order valence-electron chi connectivity index (χ2n) is 8.54. The fraction of sp³-hybridized carbons (Fsp3) is 0.286. The molecule has 3 amide bonds. The van der Waals surface area contributed by atoms with Gasteiger partial charge in [0, 0.05) is 30.9 Å². The highest BCUT2D eigenvalue weighted by Crippen LogP contribution is 2.28. The summed E-state index contributed by atoms with van der Waals surface area (Å²) in [6.45, 7) is 7.56. The normalized spacial score (nSPS) is 13.1. The average Bonchev–Trinajstić information content (AvgIpc) is 2.90. The molecule has 3 aromatic carbocycles. The van der Waals surface area contributed by atoms with Gasteiger partial charge in [-0.3, -0.25) is 4.79 Å². The fourth-order valence-electron chi connectivity index (χ4n) is 3.93. The first-order valence-corrected chi connectivity index (χ1v) is 12.1. The van der Waals surface area contributed by atoms with Crippen LogP contribution in [0.25, 0.3) is 0 Å². The zero-order valence-corrected chi connectivity index (χ0v) is 20.7. The Balaban J connectivity index is 1.48. The van der Waals surface area contributed by atoms with E-state index in [-0.39, 0.29) is 5.91 Å². The maximum absolute atomic E-state index is 12.9. The Kier molecular flexibility index (Phi) is 8.41. The summed E-state index contributed by atoms with van der Waals surface area (Å²) in [7, 11) is 0. The molecule has 8 heteroatoms. The summed E-state index contributed by atoms with van der Waals surface area (Å²) >= 11 is 0. The second-order valence-corrected chi connectivity index (χ2v) is 8.54. The van der Waals surface area contributed by atoms with E-state index >= 15 is 0 Å². The van der Waals surface area contributed by atoms with Crippen molar-refractivity contribution < 1.29 is 19.1 Å². The number of aryl methyl sites for hydroxylation is 1. The van der Waals surface area contributed by atoms with Crippen LogP contribution in [0.1, 0.15) is 28.4 Å². The summed E-state index contributed by atoms with van der Waals surface area (Å²) in [4.78, 5) is 27.9. The largest absolute Gasteiger partial charge is 0.494 e. The number of urea groups is 1. The van der Waals surface area contributed by atoms with Gasteiger partial charge in [-0.25, -0.2) is 4.79 Å². The number of benzene rings is 3. The summed E-state index contributed by atoms with van der Waals surface area (Å²) in [5.74, 6) is 0.529. The fourth-order valence-corrected chi connectivity index (χ4v) is 3.93. The van der Waals surface area contributed by atoms with E-state index in [1.54, 1.807) is 36.4 Å². The van der Waals surface area contributed by atoms with Gasteiger partial charge in [0.05, 0.1) is 31.2 Å². The molecule has 0 atom stereocenters. The van der Waals surface area contributed by atoms with Gasteiger partial charge in [0.25, 0.3) is 5.91 Å². The van der Waals surface area contributed by atoms with Crippen LogP contribution in [-0.2, 0) is 11.3 Å². The summed E-state index contributed by atoms with van der Waals surface area (Å²) in [6, 6.07) is 20.2. The number of anilines is 3. The predicted molar refractivity (Wildman–Crippen MR) is 142 cm³/mol. The first-order chi connectivity index (χ1) is 17.5. The highest BCUT2D eigenvalue weighted by atomic mass is 16.5. The van der Waals surface area contributed by atoms with Gasteiger partial charge in [0.15, 0.2) is 0 Å². The third kappa shape index (κ3) is 6.76. The van der Waals surface area contributed by atoms with Crippen molar-refractivity contribution in [1.82, 2.24) is 5.32 Å². The van der Waals surface area contributed by atoms with E-state index in [1.165, 1.54) is 5.56 Å². The molecular weight excluding hydrogens is 456 g/mol. The molecule has 188 valence electrons. The van der Waals surface area contributed by atoms with Crippen LogP contribution in [0.15, 0.2) is 66.7 Å². The van der Waals surface area contributed by atoms with Crippen molar-refractivity contribution >= 4 is 29.0 Å². The van der Waals surface area contributed by atoms with E-state index in [4.69, 9.17) is 9.47 Å². The number of rotatable bonds is 8. The third-order valence-electron chi connectivity index (χ3n) is 5.86. The number of amides is 3. The minimum Gasteiger partial charge on any atom is -0.494 e. The van der Waals surface area contributed by atoms with Crippen molar-refractivity contribution in [3.8, 4) is 5.75 Å². The molecule has 1 heterocycles. The van der Waals surface area contributed by atoms with Crippen LogP contribution in [0.4, 0.5) is 21.9 Å². The van der Waals surface area contributed by atoms with E-state index in [9.17, 15) is 9.59 Å². The molecule has 3 aromatic rings. The maximum atomic E-state index is 12.9. The van der Waals surface area contributed by atoms with Crippen LogP contribution in [0, 0.1) is 6.92 Å². The summed E-state index contributed by atoms with van der Waals surface area (Å²) < 4.78 is 10.9. The number of ether oxygens (including phenoxy) is 2. The molecule has 8 nitrogen and oxygen atoms in total. The lowest BCUT2D eigenvalue weighted by atomic mass is 10.1. The SMILES string of the molecule is CCOc1ccc(NC(=O)Nc2cc(C(=O)NCc3ccc(C)cc3)ccc2N2CCOCC2)cc1. The smallest absolute Gasteiger partial charge is 0.323 e. The number of carbonyl (C=O) groups is 2.